The number of benzene rings is 9. The van der Waals surface area contributed by atoms with Crippen molar-refractivity contribution in [2.75, 3.05) is 0 Å². The van der Waals surface area contributed by atoms with Gasteiger partial charge in [-0.25, -0.2) is 19.9 Å². The van der Waals surface area contributed by atoms with E-state index in [1.807, 2.05) is 156 Å². The summed E-state index contributed by atoms with van der Waals surface area (Å²) < 4.78 is 89.1. The third-order valence-electron chi connectivity index (χ3n) is 14.1. The van der Waals surface area contributed by atoms with E-state index in [2.05, 4.69) is 6.07 Å². The molecular formula is C67H42F6N6. The fourth-order valence-electron chi connectivity index (χ4n) is 10.4. The first kappa shape index (κ1) is 49.9. The second-order valence-corrected chi connectivity index (χ2v) is 19.3. The Morgan fingerprint density at radius 3 is 1.37 bits per heavy atom. The van der Waals surface area contributed by atoms with Crippen molar-refractivity contribution in [3.8, 4) is 102 Å². The maximum absolute atomic E-state index is 15.0. The second-order valence-electron chi connectivity index (χ2n) is 19.3. The molecule has 9 aromatic carbocycles. The summed E-state index contributed by atoms with van der Waals surface area (Å²) in [7, 11) is 0. The maximum Gasteiger partial charge on any atom is 0.417 e. The highest BCUT2D eigenvalue weighted by Crippen LogP contribution is 2.46. The van der Waals surface area contributed by atoms with Gasteiger partial charge in [0.25, 0.3) is 0 Å². The monoisotopic (exact) mass is 1040 g/mol. The molecule has 0 saturated heterocycles. The molecule has 0 spiro atoms. The van der Waals surface area contributed by atoms with Crippen LogP contribution in [0.2, 0.25) is 0 Å². The molecule has 0 fully saturated rings. The van der Waals surface area contributed by atoms with Gasteiger partial charge in [-0.3, -0.25) is 0 Å². The normalized spacial score (nSPS) is 11.8. The van der Waals surface area contributed by atoms with E-state index in [0.29, 0.717) is 89.5 Å². The van der Waals surface area contributed by atoms with Crippen molar-refractivity contribution < 1.29 is 26.3 Å². The molecule has 0 radical (unpaired) electrons. The molecule has 0 amide bonds. The van der Waals surface area contributed by atoms with Gasteiger partial charge in [0.15, 0.2) is 11.6 Å². The van der Waals surface area contributed by atoms with E-state index in [9.17, 15) is 31.6 Å². The Balaban J connectivity index is 1.23. The topological polar surface area (TPSA) is 80.3 Å². The fourth-order valence-corrected chi connectivity index (χ4v) is 10.4. The van der Waals surface area contributed by atoms with Crippen LogP contribution in [0.15, 0.2) is 218 Å². The zero-order chi connectivity index (χ0) is 54.6. The lowest BCUT2D eigenvalue weighted by Crippen LogP contribution is -2.07. The molecule has 12 heteroatoms. The summed E-state index contributed by atoms with van der Waals surface area (Å²) in [6.07, 6.45) is -9.26. The third-order valence-corrected chi connectivity index (χ3v) is 14.1. The van der Waals surface area contributed by atoms with E-state index in [-0.39, 0.29) is 22.5 Å². The van der Waals surface area contributed by atoms with Gasteiger partial charge < -0.3 is 4.57 Å². The molecule has 0 unspecified atom stereocenters. The Kier molecular flexibility index (Phi) is 12.5. The van der Waals surface area contributed by atoms with Crippen LogP contribution in [0.3, 0.4) is 0 Å². The molecule has 0 aliphatic carbocycles. The summed E-state index contributed by atoms with van der Waals surface area (Å²) in [4.78, 5) is 21.0. The smallest absolute Gasteiger partial charge is 0.308 e. The van der Waals surface area contributed by atoms with E-state index in [4.69, 9.17) is 19.9 Å². The Labute approximate surface area is 450 Å². The first-order chi connectivity index (χ1) is 38.2. The standard InChI is InChI=1S/C67H42F6N6/c1-40-23-27-51(56(31-40)67(71,72)73)48-25-30-62-53(36-48)52-35-47(50-28-26-49(32-41(50)2)66(68,69)70)24-29-61(52)79(62)63-54(60-38-59(45-19-11-5-12-20-45)75-64(78-60)46-21-13-6-14-22-46)33-42(39-74)34-55(63)65-76-57(43-15-7-3-8-16-43)37-58(77-65)44-17-9-4-10-18-44/h3-38H,1-2H3. The van der Waals surface area contributed by atoms with Crippen molar-refractivity contribution in [3.63, 3.8) is 0 Å². The summed E-state index contributed by atoms with van der Waals surface area (Å²) in [5.41, 5.74) is 8.74. The Bertz CT molecular complexity index is 4090. The van der Waals surface area contributed by atoms with E-state index in [0.717, 1.165) is 40.5 Å². The highest BCUT2D eigenvalue weighted by molar-refractivity contribution is 6.13. The van der Waals surface area contributed by atoms with Gasteiger partial charge in [0.05, 0.1) is 62.3 Å². The van der Waals surface area contributed by atoms with E-state index < -0.39 is 23.5 Å². The number of aryl methyl sites for hydroxylation is 2. The average Bonchev–Trinajstić information content (AvgIpc) is 3.99. The van der Waals surface area contributed by atoms with Crippen LogP contribution in [0.1, 0.15) is 27.8 Å². The minimum atomic E-state index is -4.69. The van der Waals surface area contributed by atoms with Gasteiger partial charge in [0.2, 0.25) is 0 Å². The first-order valence-corrected chi connectivity index (χ1v) is 25.2. The molecule has 79 heavy (non-hydrogen) atoms. The van der Waals surface area contributed by atoms with Crippen LogP contribution in [0, 0.1) is 25.2 Å². The van der Waals surface area contributed by atoms with E-state index in [1.165, 1.54) is 12.1 Å². The van der Waals surface area contributed by atoms with Crippen LogP contribution < -0.4 is 0 Å². The molecule has 0 aliphatic rings. The van der Waals surface area contributed by atoms with Crippen LogP contribution in [-0.2, 0) is 12.4 Å². The van der Waals surface area contributed by atoms with Gasteiger partial charge in [-0.15, -0.1) is 0 Å². The summed E-state index contributed by atoms with van der Waals surface area (Å²) in [5, 5.41) is 12.2. The van der Waals surface area contributed by atoms with Crippen LogP contribution in [0.4, 0.5) is 26.3 Å². The molecule has 12 rings (SSSR count). The number of halogens is 6. The second kappa shape index (κ2) is 19.9. The molecule has 382 valence electrons. The zero-order valence-corrected chi connectivity index (χ0v) is 42.2. The molecular weight excluding hydrogens is 1000 g/mol. The number of rotatable bonds is 9. The zero-order valence-electron chi connectivity index (χ0n) is 42.2. The molecule has 3 aromatic heterocycles. The average molecular weight is 1050 g/mol. The fraction of sp³-hybridized carbons (Fsp3) is 0.0597. The lowest BCUT2D eigenvalue weighted by Gasteiger charge is -2.20. The molecule has 0 aliphatic heterocycles. The Hall–Kier alpha value is -9.99. The lowest BCUT2D eigenvalue weighted by atomic mass is 9.95. The van der Waals surface area contributed by atoms with Crippen LogP contribution in [0.25, 0.3) is 118 Å². The third kappa shape index (κ3) is 9.57. The van der Waals surface area contributed by atoms with Gasteiger partial charge in [0, 0.05) is 44.2 Å². The van der Waals surface area contributed by atoms with Crippen molar-refractivity contribution in [2.45, 2.75) is 26.2 Å². The van der Waals surface area contributed by atoms with E-state index in [1.54, 1.807) is 50.2 Å². The van der Waals surface area contributed by atoms with Gasteiger partial charge in [-0.2, -0.15) is 31.6 Å². The van der Waals surface area contributed by atoms with Gasteiger partial charge in [0.1, 0.15) is 0 Å². The minimum absolute atomic E-state index is 0.0298. The van der Waals surface area contributed by atoms with Gasteiger partial charge >= 0.3 is 12.4 Å². The van der Waals surface area contributed by atoms with Crippen molar-refractivity contribution in [2.24, 2.45) is 0 Å². The number of aromatic nitrogens is 5. The predicted molar refractivity (Wildman–Crippen MR) is 300 cm³/mol. The number of nitrogens with zero attached hydrogens (tertiary/aromatic N) is 6. The van der Waals surface area contributed by atoms with Crippen LogP contribution in [-0.4, -0.2) is 24.5 Å². The summed E-state index contributed by atoms with van der Waals surface area (Å²) in [6, 6.07) is 66.7. The summed E-state index contributed by atoms with van der Waals surface area (Å²) in [5.74, 6) is 0.662. The summed E-state index contributed by atoms with van der Waals surface area (Å²) >= 11 is 0. The molecule has 0 N–H and O–H groups in total. The van der Waals surface area contributed by atoms with Crippen molar-refractivity contribution in [3.05, 3.63) is 246 Å². The number of nitriles is 1. The van der Waals surface area contributed by atoms with Crippen molar-refractivity contribution >= 4 is 21.8 Å². The number of fused-ring (bicyclic) bond motifs is 3. The SMILES string of the molecule is Cc1ccc(-c2ccc3c(c2)c2cc(-c4ccc(C(F)(F)F)cc4C)ccc2n3-c2c(-c3cc(-c4ccccc4)nc(-c4ccccc4)n3)cc(C#N)cc2-c2nc(-c3ccccc3)cc(-c3ccccc3)n2)c(C(F)(F)F)c1. The number of hydrogen-bond donors (Lipinski definition) is 0. The Morgan fingerprint density at radius 2 is 0.861 bits per heavy atom. The largest absolute Gasteiger partial charge is 0.417 e. The minimum Gasteiger partial charge on any atom is -0.308 e. The maximum atomic E-state index is 15.0. The molecule has 12 aromatic rings. The van der Waals surface area contributed by atoms with Crippen molar-refractivity contribution in [1.29, 1.82) is 5.26 Å². The quantitative estimate of drug-likeness (QED) is 0.135. The Morgan fingerprint density at radius 1 is 0.392 bits per heavy atom. The summed E-state index contributed by atoms with van der Waals surface area (Å²) in [6.45, 7) is 3.22. The molecule has 3 heterocycles. The van der Waals surface area contributed by atoms with Crippen molar-refractivity contribution in [1.82, 2.24) is 24.5 Å². The van der Waals surface area contributed by atoms with Crippen LogP contribution >= 0.6 is 0 Å². The molecule has 0 bridgehead atoms. The lowest BCUT2D eigenvalue weighted by molar-refractivity contribution is -0.138. The number of alkyl halides is 6. The van der Waals surface area contributed by atoms with Crippen LogP contribution in [0.5, 0.6) is 0 Å². The van der Waals surface area contributed by atoms with E-state index >= 15 is 0 Å². The highest BCUT2D eigenvalue weighted by Gasteiger charge is 2.35. The molecule has 0 atom stereocenters. The predicted octanol–water partition coefficient (Wildman–Crippen LogP) is 18.2. The highest BCUT2D eigenvalue weighted by atomic mass is 19.4. The molecule has 6 nitrogen and oxygen atoms in total. The van der Waals surface area contributed by atoms with Gasteiger partial charge in [-0.05, 0) is 108 Å². The number of hydrogen-bond acceptors (Lipinski definition) is 5. The molecule has 0 saturated carbocycles. The first-order valence-electron chi connectivity index (χ1n) is 25.2. The van der Waals surface area contributed by atoms with Gasteiger partial charge in [-0.1, -0.05) is 157 Å².